The van der Waals surface area contributed by atoms with Gasteiger partial charge in [-0.15, -0.1) is 6.58 Å². The van der Waals surface area contributed by atoms with Crippen LogP contribution >= 0.6 is 0 Å². The molecule has 37 heavy (non-hydrogen) atoms. The summed E-state index contributed by atoms with van der Waals surface area (Å²) in [6, 6.07) is 7.35. The Bertz CT molecular complexity index is 975. The van der Waals surface area contributed by atoms with Crippen LogP contribution < -0.4 is 14.2 Å². The van der Waals surface area contributed by atoms with Crippen molar-refractivity contribution in [1.29, 1.82) is 0 Å². The van der Waals surface area contributed by atoms with Crippen LogP contribution in [0.15, 0.2) is 49.1 Å². The molecular formula is C28H34F4O5. The van der Waals surface area contributed by atoms with Crippen LogP contribution in [0.4, 0.5) is 17.6 Å². The number of allylic oxidation sites excluding steroid dienone is 1. The van der Waals surface area contributed by atoms with Gasteiger partial charge in [0.2, 0.25) is 5.82 Å². The fraction of sp³-hybridized carbons (Fsp3) is 0.500. The van der Waals surface area contributed by atoms with Crippen molar-refractivity contribution in [3.63, 3.8) is 0 Å². The van der Waals surface area contributed by atoms with E-state index in [0.717, 1.165) is 37.8 Å². The predicted octanol–water partition coefficient (Wildman–Crippen LogP) is 7.24. The first kappa shape index (κ1) is 28.8. The molecule has 2 aromatic rings. The molecule has 0 radical (unpaired) electrons. The highest BCUT2D eigenvalue weighted by Gasteiger charge is 2.39. The number of methoxy groups -OCH3 is 1. The fourth-order valence-electron chi connectivity index (χ4n) is 4.16. The first-order chi connectivity index (χ1) is 17.8. The average molecular weight is 527 g/mol. The van der Waals surface area contributed by atoms with Crippen molar-refractivity contribution in [3.8, 4) is 17.2 Å². The van der Waals surface area contributed by atoms with Gasteiger partial charge in [0.15, 0.2) is 11.6 Å². The van der Waals surface area contributed by atoms with Gasteiger partial charge in [0.05, 0.1) is 19.8 Å². The Labute approximate surface area is 215 Å². The van der Waals surface area contributed by atoms with E-state index in [9.17, 15) is 17.6 Å². The van der Waals surface area contributed by atoms with E-state index in [2.05, 4.69) is 6.58 Å². The van der Waals surface area contributed by atoms with Crippen molar-refractivity contribution in [3.05, 3.63) is 66.3 Å². The van der Waals surface area contributed by atoms with E-state index in [0.29, 0.717) is 50.4 Å². The van der Waals surface area contributed by atoms with Crippen molar-refractivity contribution in [1.82, 2.24) is 0 Å². The Balaban J connectivity index is 1.50. The minimum atomic E-state index is -4.10. The largest absolute Gasteiger partial charge is 0.493 e. The van der Waals surface area contributed by atoms with E-state index in [4.69, 9.17) is 23.7 Å². The molecule has 1 aliphatic rings. The zero-order valence-electron chi connectivity index (χ0n) is 21.0. The highest BCUT2D eigenvalue weighted by Crippen LogP contribution is 2.37. The van der Waals surface area contributed by atoms with Crippen molar-refractivity contribution < 1.29 is 41.2 Å². The molecule has 1 fully saturated rings. The van der Waals surface area contributed by atoms with E-state index >= 15 is 0 Å². The number of hydrogen-bond donors (Lipinski definition) is 0. The summed E-state index contributed by atoms with van der Waals surface area (Å²) in [4.78, 5) is 0. The number of ether oxygens (including phenoxy) is 5. The molecule has 0 N–H and O–H groups in total. The lowest BCUT2D eigenvalue weighted by atomic mass is 9.83. The predicted molar refractivity (Wildman–Crippen MR) is 131 cm³/mol. The fourth-order valence-corrected chi connectivity index (χ4v) is 4.16. The molecule has 0 saturated heterocycles. The first-order valence-electron chi connectivity index (χ1n) is 12.4. The van der Waals surface area contributed by atoms with Crippen molar-refractivity contribution in [2.24, 2.45) is 11.8 Å². The summed E-state index contributed by atoms with van der Waals surface area (Å²) < 4.78 is 84.0. The minimum Gasteiger partial charge on any atom is -0.493 e. The summed E-state index contributed by atoms with van der Waals surface area (Å²) >= 11 is 0. The SMILES string of the molecule is C=CCCCOc1ccc(C(F)(F)Oc2ccc(OCC3CCC(COCOC)CC3)cc2)c(F)c1F. The molecule has 0 aromatic heterocycles. The van der Waals surface area contributed by atoms with Gasteiger partial charge in [0.25, 0.3) is 0 Å². The molecule has 9 heteroatoms. The second kappa shape index (κ2) is 14.2. The standard InChI is InChI=1S/C28H34F4O5/c1-3-4-5-16-35-25-15-14-24(26(29)27(25)30)28(31,32)37-23-12-10-22(11-13-23)36-18-21-8-6-20(7-9-21)17-34-19-33-2/h3,10-15,20-21H,1,4-9,16-19H2,2H3. The van der Waals surface area contributed by atoms with Crippen LogP contribution in [-0.2, 0) is 15.6 Å². The molecule has 0 aliphatic heterocycles. The van der Waals surface area contributed by atoms with Gasteiger partial charge in [-0.05, 0) is 86.8 Å². The molecule has 5 nitrogen and oxygen atoms in total. The highest BCUT2D eigenvalue weighted by atomic mass is 19.3. The normalized spacial score (nSPS) is 17.9. The van der Waals surface area contributed by atoms with Crippen LogP contribution in [0.2, 0.25) is 0 Å². The van der Waals surface area contributed by atoms with E-state index in [1.807, 2.05) is 0 Å². The number of rotatable bonds is 15. The quantitative estimate of drug-likeness (QED) is 0.106. The third kappa shape index (κ3) is 8.64. The molecule has 0 bridgehead atoms. The third-order valence-corrected chi connectivity index (χ3v) is 6.25. The van der Waals surface area contributed by atoms with Gasteiger partial charge in [-0.1, -0.05) is 6.08 Å². The van der Waals surface area contributed by atoms with Crippen LogP contribution in [0.1, 0.15) is 44.1 Å². The van der Waals surface area contributed by atoms with Gasteiger partial charge in [0.1, 0.15) is 23.9 Å². The topological polar surface area (TPSA) is 46.2 Å². The van der Waals surface area contributed by atoms with Crippen molar-refractivity contribution in [2.45, 2.75) is 44.6 Å². The van der Waals surface area contributed by atoms with Crippen molar-refractivity contribution >= 4 is 0 Å². The van der Waals surface area contributed by atoms with Gasteiger partial charge in [-0.3, -0.25) is 0 Å². The maximum absolute atomic E-state index is 14.7. The second-order valence-corrected chi connectivity index (χ2v) is 9.08. The van der Waals surface area contributed by atoms with E-state index in [1.54, 1.807) is 13.2 Å². The average Bonchev–Trinajstić information content (AvgIpc) is 2.89. The van der Waals surface area contributed by atoms with Crippen molar-refractivity contribution in [2.75, 3.05) is 33.7 Å². The van der Waals surface area contributed by atoms with E-state index in [1.165, 1.54) is 24.3 Å². The molecule has 0 unspecified atom stereocenters. The van der Waals surface area contributed by atoms with Crippen LogP contribution in [0.25, 0.3) is 0 Å². The van der Waals surface area contributed by atoms with Crippen LogP contribution in [0.5, 0.6) is 17.2 Å². The lowest BCUT2D eigenvalue weighted by molar-refractivity contribution is -0.187. The second-order valence-electron chi connectivity index (χ2n) is 9.08. The molecule has 0 heterocycles. The zero-order valence-corrected chi connectivity index (χ0v) is 21.0. The van der Waals surface area contributed by atoms with Crippen LogP contribution in [0, 0.1) is 23.5 Å². The number of halogens is 4. The maximum Gasteiger partial charge on any atom is 0.429 e. The molecule has 0 spiro atoms. The summed E-state index contributed by atoms with van der Waals surface area (Å²) in [7, 11) is 1.60. The molecule has 0 amide bonds. The van der Waals surface area contributed by atoms with E-state index < -0.39 is 29.1 Å². The summed E-state index contributed by atoms with van der Waals surface area (Å²) in [6.45, 7) is 5.18. The maximum atomic E-state index is 14.7. The van der Waals surface area contributed by atoms with Crippen LogP contribution in [0.3, 0.4) is 0 Å². The smallest absolute Gasteiger partial charge is 0.429 e. The molecule has 3 rings (SSSR count). The molecule has 1 saturated carbocycles. The monoisotopic (exact) mass is 526 g/mol. The van der Waals surface area contributed by atoms with Gasteiger partial charge < -0.3 is 23.7 Å². The molecule has 204 valence electrons. The number of alkyl halides is 2. The summed E-state index contributed by atoms with van der Waals surface area (Å²) in [5.74, 6) is -2.41. The molecule has 1 aliphatic carbocycles. The number of hydrogen-bond acceptors (Lipinski definition) is 5. The molecule has 0 atom stereocenters. The first-order valence-corrected chi connectivity index (χ1v) is 12.4. The van der Waals surface area contributed by atoms with Gasteiger partial charge in [-0.25, -0.2) is 4.39 Å². The Kier molecular flexibility index (Phi) is 11.1. The Hall–Kier alpha value is -2.78. The Morgan fingerprint density at radius 3 is 2.19 bits per heavy atom. The molecule has 2 aromatic carbocycles. The zero-order chi connectivity index (χ0) is 26.7. The third-order valence-electron chi connectivity index (χ3n) is 6.25. The Morgan fingerprint density at radius 2 is 1.54 bits per heavy atom. The lowest BCUT2D eigenvalue weighted by Crippen LogP contribution is -2.24. The summed E-state index contributed by atoms with van der Waals surface area (Å²) in [5.41, 5.74) is -1.22. The van der Waals surface area contributed by atoms with Gasteiger partial charge in [-0.2, -0.15) is 13.2 Å². The van der Waals surface area contributed by atoms with Gasteiger partial charge in [0, 0.05) is 7.11 Å². The number of benzene rings is 2. The lowest BCUT2D eigenvalue weighted by Gasteiger charge is -2.28. The Morgan fingerprint density at radius 1 is 0.892 bits per heavy atom. The highest BCUT2D eigenvalue weighted by molar-refractivity contribution is 5.35. The number of unbranched alkanes of at least 4 members (excludes halogenated alkanes) is 1. The molecular weight excluding hydrogens is 492 g/mol. The summed E-state index contributed by atoms with van der Waals surface area (Å²) in [6.07, 6.45) is 2.89. The van der Waals surface area contributed by atoms with E-state index in [-0.39, 0.29) is 12.4 Å². The summed E-state index contributed by atoms with van der Waals surface area (Å²) in [5, 5.41) is 0. The minimum absolute atomic E-state index is 0.105. The van der Waals surface area contributed by atoms with Gasteiger partial charge >= 0.3 is 6.11 Å². The van der Waals surface area contributed by atoms with Crippen LogP contribution in [-0.4, -0.2) is 33.7 Å².